The van der Waals surface area contributed by atoms with E-state index in [-0.39, 0.29) is 0 Å². The first-order chi connectivity index (χ1) is 9.54. The van der Waals surface area contributed by atoms with Gasteiger partial charge in [0.1, 0.15) is 0 Å². The quantitative estimate of drug-likeness (QED) is 0.459. The Labute approximate surface area is 128 Å². The summed E-state index contributed by atoms with van der Waals surface area (Å²) in [6.07, 6.45) is 0. The lowest BCUT2D eigenvalue weighted by Crippen LogP contribution is -2.25. The van der Waals surface area contributed by atoms with Crippen molar-refractivity contribution in [1.82, 2.24) is 15.6 Å². The molecule has 9 heteroatoms. The zero-order chi connectivity index (χ0) is 14.5. The lowest BCUT2D eigenvalue weighted by atomic mass is 10.1. The van der Waals surface area contributed by atoms with Gasteiger partial charge in [0.15, 0.2) is 3.95 Å². The molecule has 0 saturated heterocycles. The molecule has 0 spiro atoms. The van der Waals surface area contributed by atoms with Crippen molar-refractivity contribution in [1.29, 1.82) is 0 Å². The molecule has 0 aliphatic rings. The van der Waals surface area contributed by atoms with E-state index in [9.17, 15) is 4.79 Å². The molecule has 0 fully saturated rings. The maximum Gasteiger partial charge on any atom is 0.341 e. The monoisotopic (exact) mass is 327 g/mol. The molecule has 2 amide bonds. The number of hydrazone groups is 1. The van der Waals surface area contributed by atoms with Crippen LogP contribution in [0.1, 0.15) is 12.5 Å². The van der Waals surface area contributed by atoms with Crippen LogP contribution in [0.3, 0.4) is 0 Å². The first-order valence-electron chi connectivity index (χ1n) is 5.47. The molecule has 3 N–H and O–H groups in total. The Bertz CT molecular complexity index is 691. The SMILES string of the molecule is C/C(=N/NC(=O)Nc1n[nH]c(=S)s1)c1ccc(Cl)cc1. The summed E-state index contributed by atoms with van der Waals surface area (Å²) in [5.41, 5.74) is 3.90. The number of hydrogen-bond acceptors (Lipinski definition) is 5. The summed E-state index contributed by atoms with van der Waals surface area (Å²) in [6, 6.07) is 6.66. The number of hydrogen-bond donors (Lipinski definition) is 3. The minimum absolute atomic E-state index is 0.381. The molecule has 1 aromatic carbocycles. The van der Waals surface area contributed by atoms with Gasteiger partial charge in [-0.1, -0.05) is 35.1 Å². The first kappa shape index (κ1) is 14.6. The molecule has 0 atom stereocenters. The molecule has 0 bridgehead atoms. The molecule has 2 rings (SSSR count). The van der Waals surface area contributed by atoms with Crippen molar-refractivity contribution in [3.63, 3.8) is 0 Å². The zero-order valence-corrected chi connectivity index (χ0v) is 12.7. The Morgan fingerprint density at radius 1 is 1.45 bits per heavy atom. The molecule has 0 saturated carbocycles. The number of H-pyrrole nitrogens is 1. The highest BCUT2D eigenvalue weighted by molar-refractivity contribution is 7.73. The highest BCUT2D eigenvalue weighted by atomic mass is 35.5. The molecule has 20 heavy (non-hydrogen) atoms. The van der Waals surface area contributed by atoms with E-state index in [0.29, 0.717) is 19.8 Å². The van der Waals surface area contributed by atoms with E-state index in [1.54, 1.807) is 19.1 Å². The van der Waals surface area contributed by atoms with Crippen molar-refractivity contribution in [3.05, 3.63) is 38.8 Å². The lowest BCUT2D eigenvalue weighted by molar-refractivity contribution is 0.252. The van der Waals surface area contributed by atoms with Crippen molar-refractivity contribution in [2.75, 3.05) is 5.32 Å². The summed E-state index contributed by atoms with van der Waals surface area (Å²) < 4.78 is 0.487. The molecule has 0 aliphatic heterocycles. The van der Waals surface area contributed by atoms with Crippen molar-refractivity contribution >= 4 is 52.0 Å². The van der Waals surface area contributed by atoms with Crippen LogP contribution in [0.15, 0.2) is 29.4 Å². The van der Waals surface area contributed by atoms with Crippen LogP contribution in [-0.4, -0.2) is 21.9 Å². The number of urea groups is 1. The van der Waals surface area contributed by atoms with Crippen LogP contribution >= 0.6 is 35.2 Å². The van der Waals surface area contributed by atoms with Crippen LogP contribution in [0, 0.1) is 3.95 Å². The fraction of sp³-hybridized carbons (Fsp3) is 0.0909. The van der Waals surface area contributed by atoms with Gasteiger partial charge in [-0.2, -0.15) is 5.10 Å². The predicted molar refractivity (Wildman–Crippen MR) is 83.1 cm³/mol. The number of halogens is 1. The van der Waals surface area contributed by atoms with E-state index in [1.165, 1.54) is 0 Å². The van der Waals surface area contributed by atoms with Gasteiger partial charge in [-0.05, 0) is 36.8 Å². The normalized spacial score (nSPS) is 11.2. The molecule has 1 heterocycles. The first-order valence-corrected chi connectivity index (χ1v) is 7.07. The number of rotatable bonds is 3. The molecule has 1 aromatic heterocycles. The Morgan fingerprint density at radius 3 is 2.75 bits per heavy atom. The molecule has 0 aliphatic carbocycles. The maximum absolute atomic E-state index is 11.6. The van der Waals surface area contributed by atoms with E-state index in [2.05, 4.69) is 26.0 Å². The topological polar surface area (TPSA) is 82.2 Å². The second kappa shape index (κ2) is 6.60. The van der Waals surface area contributed by atoms with Crippen LogP contribution in [0.25, 0.3) is 0 Å². The molecule has 0 radical (unpaired) electrons. The third-order valence-corrected chi connectivity index (χ3v) is 3.50. The third kappa shape index (κ3) is 4.12. The number of carbonyl (C=O) groups is 1. The lowest BCUT2D eigenvalue weighted by Gasteiger charge is -2.03. The Morgan fingerprint density at radius 2 is 2.15 bits per heavy atom. The summed E-state index contributed by atoms with van der Waals surface area (Å²) in [5.74, 6) is 0. The summed E-state index contributed by atoms with van der Waals surface area (Å²) in [7, 11) is 0. The molecule has 0 unspecified atom stereocenters. The van der Waals surface area contributed by atoms with Crippen molar-refractivity contribution in [2.45, 2.75) is 6.92 Å². The fourth-order valence-corrected chi connectivity index (χ4v) is 2.21. The van der Waals surface area contributed by atoms with Crippen LogP contribution < -0.4 is 10.7 Å². The van der Waals surface area contributed by atoms with Gasteiger partial charge in [-0.25, -0.2) is 10.2 Å². The van der Waals surface area contributed by atoms with Gasteiger partial charge >= 0.3 is 6.03 Å². The second-order valence-electron chi connectivity index (χ2n) is 3.69. The number of amides is 2. The number of aromatic nitrogens is 2. The number of benzene rings is 1. The Hall–Kier alpha value is -1.77. The number of nitrogens with one attached hydrogen (secondary N) is 3. The average Bonchev–Trinajstić information content (AvgIpc) is 2.82. The average molecular weight is 328 g/mol. The predicted octanol–water partition coefficient (Wildman–Crippen LogP) is 3.40. The van der Waals surface area contributed by atoms with E-state index < -0.39 is 6.03 Å². The standard InChI is InChI=1S/C11H10ClN5OS2/c1-6(7-2-4-8(12)5-3-7)14-15-9(18)13-10-16-17-11(19)20-10/h2-5H,1H3,(H,17,19)(H2,13,15,16,18)/b14-6-. The van der Waals surface area contributed by atoms with Gasteiger partial charge in [0.05, 0.1) is 5.71 Å². The van der Waals surface area contributed by atoms with Gasteiger partial charge in [0.2, 0.25) is 5.13 Å². The third-order valence-electron chi connectivity index (χ3n) is 2.25. The number of carbonyl (C=O) groups excluding carboxylic acids is 1. The summed E-state index contributed by atoms with van der Waals surface area (Å²) in [6.45, 7) is 1.78. The van der Waals surface area contributed by atoms with Gasteiger partial charge in [0.25, 0.3) is 0 Å². The van der Waals surface area contributed by atoms with Crippen molar-refractivity contribution in [2.24, 2.45) is 5.10 Å². The minimum atomic E-state index is -0.490. The van der Waals surface area contributed by atoms with E-state index >= 15 is 0 Å². The summed E-state index contributed by atoms with van der Waals surface area (Å²) in [5, 5.41) is 13.9. The smallest absolute Gasteiger partial charge is 0.281 e. The van der Waals surface area contributed by atoms with E-state index in [4.69, 9.17) is 23.8 Å². The second-order valence-corrected chi connectivity index (χ2v) is 5.79. The highest BCUT2D eigenvalue weighted by Crippen LogP contribution is 2.11. The van der Waals surface area contributed by atoms with E-state index in [1.807, 2.05) is 12.1 Å². The number of anilines is 1. The molecule has 2 aromatic rings. The zero-order valence-electron chi connectivity index (χ0n) is 10.3. The summed E-state index contributed by atoms with van der Waals surface area (Å²) >= 11 is 11.8. The largest absolute Gasteiger partial charge is 0.341 e. The van der Waals surface area contributed by atoms with Crippen molar-refractivity contribution in [3.8, 4) is 0 Å². The van der Waals surface area contributed by atoms with Gasteiger partial charge in [-0.3, -0.25) is 10.4 Å². The fourth-order valence-electron chi connectivity index (χ4n) is 1.30. The molecular formula is C11H10ClN5OS2. The van der Waals surface area contributed by atoms with Crippen LogP contribution in [0.4, 0.5) is 9.93 Å². The Balaban J connectivity index is 1.96. The van der Waals surface area contributed by atoms with Crippen LogP contribution in [0.2, 0.25) is 5.02 Å². The molecule has 6 nitrogen and oxygen atoms in total. The van der Waals surface area contributed by atoms with Gasteiger partial charge in [0, 0.05) is 5.02 Å². The number of aromatic amines is 1. The number of nitrogens with zero attached hydrogens (tertiary/aromatic N) is 2. The van der Waals surface area contributed by atoms with Crippen molar-refractivity contribution < 1.29 is 4.79 Å². The minimum Gasteiger partial charge on any atom is -0.281 e. The van der Waals surface area contributed by atoms with Crippen LogP contribution in [-0.2, 0) is 0 Å². The van der Waals surface area contributed by atoms with Gasteiger partial charge < -0.3 is 0 Å². The molecule has 104 valence electrons. The van der Waals surface area contributed by atoms with Crippen LogP contribution in [0.5, 0.6) is 0 Å². The highest BCUT2D eigenvalue weighted by Gasteiger charge is 2.04. The Kier molecular flexibility index (Phi) is 4.83. The van der Waals surface area contributed by atoms with E-state index in [0.717, 1.165) is 16.9 Å². The molecular weight excluding hydrogens is 318 g/mol. The maximum atomic E-state index is 11.6. The summed E-state index contributed by atoms with van der Waals surface area (Å²) in [4.78, 5) is 11.6. The van der Waals surface area contributed by atoms with Gasteiger partial charge in [-0.15, -0.1) is 5.10 Å².